The Morgan fingerprint density at radius 3 is 2.38 bits per heavy atom. The van der Waals surface area contributed by atoms with Crippen molar-refractivity contribution in [1.82, 2.24) is 10.2 Å². The van der Waals surface area contributed by atoms with Crippen molar-refractivity contribution in [2.75, 3.05) is 18.9 Å². The van der Waals surface area contributed by atoms with Gasteiger partial charge in [-0.1, -0.05) is 18.2 Å². The molecule has 0 spiro atoms. The first kappa shape index (κ1) is 26.6. The average Bonchev–Trinajstić information content (AvgIpc) is 2.80. The van der Waals surface area contributed by atoms with Crippen LogP contribution in [0.1, 0.15) is 24.8 Å². The molecule has 2 unspecified atom stereocenters. The number of hydrogen-bond donors (Lipinski definition) is 2. The van der Waals surface area contributed by atoms with Crippen LogP contribution in [0.25, 0.3) is 0 Å². The van der Waals surface area contributed by atoms with Crippen LogP contribution in [-0.2, 0) is 5.54 Å². The van der Waals surface area contributed by atoms with Gasteiger partial charge in [0.15, 0.2) is 0 Å². The number of nitrogens with one attached hydrogen (secondary N) is 2. The number of aliphatic imine (C=N–C) groups is 1. The fourth-order valence-electron chi connectivity index (χ4n) is 4.46. The summed E-state index contributed by atoms with van der Waals surface area (Å²) in [7, 11) is 1.41. The second kappa shape index (κ2) is 10.1. The number of amides is 2. The molecule has 200 valence electrons. The van der Waals surface area contributed by atoms with E-state index in [0.717, 1.165) is 12.1 Å². The lowest BCUT2D eigenvalue weighted by Gasteiger charge is -2.52. The monoisotopic (exact) mass is 530 g/mol. The van der Waals surface area contributed by atoms with E-state index >= 15 is 0 Å². The van der Waals surface area contributed by atoms with Crippen LogP contribution in [0.3, 0.4) is 0 Å². The van der Waals surface area contributed by atoms with Crippen molar-refractivity contribution in [2.45, 2.75) is 49.6 Å². The first-order chi connectivity index (χ1) is 17.4. The molecule has 0 aliphatic carbocycles. The second-order valence-corrected chi connectivity index (χ2v) is 8.72. The SMILES string of the molecule is CN1CC[C@]1(c1ccccc1OC1N=CCCC1NC(=O)Nc1ccc(OC(F)(F)F)cc1)C(F)(F)F. The number of likely N-dealkylation sites (tertiary alicyclic amines) is 1. The highest BCUT2D eigenvalue weighted by molar-refractivity contribution is 5.89. The predicted molar refractivity (Wildman–Crippen MR) is 123 cm³/mol. The Morgan fingerprint density at radius 1 is 1.08 bits per heavy atom. The summed E-state index contributed by atoms with van der Waals surface area (Å²) in [4.78, 5) is 18.0. The molecule has 2 heterocycles. The smallest absolute Gasteiger partial charge is 0.466 e. The minimum atomic E-state index is -4.84. The molecule has 3 atom stereocenters. The summed E-state index contributed by atoms with van der Waals surface area (Å²) >= 11 is 0. The van der Waals surface area contributed by atoms with Crippen LogP contribution in [0.5, 0.6) is 11.5 Å². The Kier molecular flexibility index (Phi) is 7.27. The van der Waals surface area contributed by atoms with Crippen LogP contribution >= 0.6 is 0 Å². The van der Waals surface area contributed by atoms with Gasteiger partial charge in [0.2, 0.25) is 6.23 Å². The molecule has 0 bridgehead atoms. The molecule has 0 radical (unpaired) electrons. The van der Waals surface area contributed by atoms with E-state index in [2.05, 4.69) is 20.4 Å². The highest BCUT2D eigenvalue weighted by Crippen LogP contribution is 2.53. The third kappa shape index (κ3) is 5.76. The van der Waals surface area contributed by atoms with Gasteiger partial charge in [-0.15, -0.1) is 13.2 Å². The number of ether oxygens (including phenoxy) is 2. The van der Waals surface area contributed by atoms with Gasteiger partial charge in [-0.25, -0.2) is 4.79 Å². The predicted octanol–water partition coefficient (Wildman–Crippen LogP) is 5.44. The molecule has 4 rings (SSSR count). The summed E-state index contributed by atoms with van der Waals surface area (Å²) in [6.07, 6.45) is -7.98. The van der Waals surface area contributed by atoms with Gasteiger partial charge >= 0.3 is 18.6 Å². The number of hydrogen-bond acceptors (Lipinski definition) is 5. The summed E-state index contributed by atoms with van der Waals surface area (Å²) in [5, 5.41) is 5.18. The Balaban J connectivity index is 1.46. The highest BCUT2D eigenvalue weighted by atomic mass is 19.4. The number of benzene rings is 2. The van der Waals surface area contributed by atoms with Crippen molar-refractivity contribution in [3.8, 4) is 11.5 Å². The zero-order chi connectivity index (χ0) is 26.8. The summed E-state index contributed by atoms with van der Waals surface area (Å²) < 4.78 is 89.1. The molecule has 0 saturated carbocycles. The van der Waals surface area contributed by atoms with E-state index < -0.39 is 42.1 Å². The van der Waals surface area contributed by atoms with Crippen molar-refractivity contribution < 1.29 is 40.6 Å². The van der Waals surface area contributed by atoms with E-state index in [1.807, 2.05) is 0 Å². The number of carbonyl (C=O) groups excluding carboxylic acids is 1. The van der Waals surface area contributed by atoms with Crippen LogP contribution in [0.4, 0.5) is 36.8 Å². The molecular formula is C24H24F6N4O3. The summed E-state index contributed by atoms with van der Waals surface area (Å²) in [5.74, 6) is -0.427. The minimum Gasteiger partial charge on any atom is -0.466 e. The van der Waals surface area contributed by atoms with Gasteiger partial charge in [0.1, 0.15) is 17.0 Å². The number of alkyl halides is 6. The van der Waals surface area contributed by atoms with Gasteiger partial charge in [0.05, 0.1) is 6.04 Å². The van der Waals surface area contributed by atoms with E-state index in [9.17, 15) is 31.1 Å². The van der Waals surface area contributed by atoms with E-state index in [1.165, 1.54) is 42.3 Å². The Morgan fingerprint density at radius 2 is 1.78 bits per heavy atom. The van der Waals surface area contributed by atoms with Crippen molar-refractivity contribution in [2.24, 2.45) is 4.99 Å². The van der Waals surface area contributed by atoms with E-state index in [-0.39, 0.29) is 30.0 Å². The largest absolute Gasteiger partial charge is 0.573 e. The van der Waals surface area contributed by atoms with Gasteiger partial charge in [-0.05, 0) is 56.6 Å². The molecule has 37 heavy (non-hydrogen) atoms. The molecule has 2 aromatic rings. The van der Waals surface area contributed by atoms with Gasteiger partial charge in [-0.2, -0.15) is 13.2 Å². The number of halogens is 6. The quantitative estimate of drug-likeness (QED) is 0.488. The van der Waals surface area contributed by atoms with E-state index in [1.54, 1.807) is 12.3 Å². The molecular weight excluding hydrogens is 506 g/mol. The fourth-order valence-corrected chi connectivity index (χ4v) is 4.46. The molecule has 0 aromatic heterocycles. The van der Waals surface area contributed by atoms with Gasteiger partial charge in [0.25, 0.3) is 0 Å². The average molecular weight is 530 g/mol. The van der Waals surface area contributed by atoms with Gasteiger partial charge in [0, 0.05) is 24.0 Å². The number of anilines is 1. The van der Waals surface area contributed by atoms with Crippen molar-refractivity contribution in [3.05, 3.63) is 54.1 Å². The molecule has 7 nitrogen and oxygen atoms in total. The summed E-state index contributed by atoms with van der Waals surface area (Å²) in [5.41, 5.74) is -2.00. The summed E-state index contributed by atoms with van der Waals surface area (Å²) in [6.45, 7) is 0.281. The third-order valence-corrected chi connectivity index (χ3v) is 6.38. The molecule has 2 aromatic carbocycles. The molecule has 2 aliphatic rings. The molecule has 2 amide bonds. The number of para-hydroxylation sites is 1. The standard InChI is InChI=1S/C24H24F6N4O3/c1-34-14-12-22(34,23(25,26)27)17-5-2-3-7-19(17)36-20-18(6-4-13-31-20)33-21(35)32-15-8-10-16(11-9-15)37-24(28,29)30/h2-3,5,7-11,13,18,20H,4,6,12,14H2,1H3,(H2,32,33,35)/t18?,20?,22-/m0/s1. The Labute approximate surface area is 208 Å². The number of nitrogens with zero attached hydrogens (tertiary/aromatic N) is 2. The lowest BCUT2D eigenvalue weighted by atomic mass is 9.77. The van der Waals surface area contributed by atoms with Gasteiger partial charge < -0.3 is 20.1 Å². The minimum absolute atomic E-state index is 0.0166. The number of carbonyl (C=O) groups is 1. The van der Waals surface area contributed by atoms with E-state index in [0.29, 0.717) is 12.8 Å². The van der Waals surface area contributed by atoms with Crippen LogP contribution < -0.4 is 20.1 Å². The lowest BCUT2D eigenvalue weighted by Crippen LogP contribution is -2.63. The second-order valence-electron chi connectivity index (χ2n) is 8.72. The van der Waals surface area contributed by atoms with Crippen molar-refractivity contribution >= 4 is 17.9 Å². The molecule has 1 fully saturated rings. The first-order valence-corrected chi connectivity index (χ1v) is 11.4. The molecule has 1 saturated heterocycles. The normalized spacial score (nSPS) is 24.2. The maximum atomic E-state index is 14.2. The third-order valence-electron chi connectivity index (χ3n) is 6.38. The zero-order valence-electron chi connectivity index (χ0n) is 19.6. The highest BCUT2D eigenvalue weighted by Gasteiger charge is 2.64. The zero-order valence-corrected chi connectivity index (χ0v) is 19.6. The van der Waals surface area contributed by atoms with Crippen molar-refractivity contribution in [1.29, 1.82) is 0 Å². The number of rotatable bonds is 6. The van der Waals surface area contributed by atoms with Crippen molar-refractivity contribution in [3.63, 3.8) is 0 Å². The van der Waals surface area contributed by atoms with Crippen LogP contribution in [0, 0.1) is 0 Å². The number of urea groups is 1. The Bertz CT molecular complexity index is 1140. The molecule has 2 N–H and O–H groups in total. The van der Waals surface area contributed by atoms with Crippen LogP contribution in [0.2, 0.25) is 0 Å². The van der Waals surface area contributed by atoms with Crippen LogP contribution in [-0.4, -0.2) is 55.5 Å². The van der Waals surface area contributed by atoms with Crippen LogP contribution in [0.15, 0.2) is 53.5 Å². The fraction of sp³-hybridized carbons (Fsp3) is 0.417. The maximum absolute atomic E-state index is 14.2. The first-order valence-electron chi connectivity index (χ1n) is 11.4. The topological polar surface area (TPSA) is 75.2 Å². The van der Waals surface area contributed by atoms with Gasteiger partial charge in [-0.3, -0.25) is 9.89 Å². The maximum Gasteiger partial charge on any atom is 0.573 e. The molecule has 13 heteroatoms. The summed E-state index contributed by atoms with van der Waals surface area (Å²) in [6, 6.07) is 9.11. The molecule has 2 aliphatic heterocycles. The van der Waals surface area contributed by atoms with E-state index in [4.69, 9.17) is 4.74 Å². The lowest BCUT2D eigenvalue weighted by molar-refractivity contribution is -0.274. The Hall–Kier alpha value is -3.48.